The number of ether oxygens (including phenoxy) is 1. The molecule has 0 aliphatic heterocycles. The van der Waals surface area contributed by atoms with Gasteiger partial charge in [0.05, 0.1) is 28.6 Å². The maximum atomic E-state index is 12.6. The molecular weight excluding hydrogens is 395 g/mol. The Morgan fingerprint density at radius 1 is 1.38 bits per heavy atom. The number of aromatic carboxylic acids is 1. The summed E-state index contributed by atoms with van der Waals surface area (Å²) in [6, 6.07) is 2.80. The Kier molecular flexibility index (Phi) is 5.23. The van der Waals surface area contributed by atoms with Crippen molar-refractivity contribution in [3.05, 3.63) is 41.6 Å². The number of amides is 1. The molecule has 0 unspecified atom stereocenters. The lowest BCUT2D eigenvalue weighted by Crippen LogP contribution is -2.20. The summed E-state index contributed by atoms with van der Waals surface area (Å²) >= 11 is 0. The van der Waals surface area contributed by atoms with E-state index >= 15 is 0 Å². The molecule has 0 aliphatic carbocycles. The number of aryl methyl sites for hydroxylation is 2. The van der Waals surface area contributed by atoms with E-state index in [0.29, 0.717) is 12.1 Å². The Morgan fingerprint density at radius 2 is 2.10 bits per heavy atom. The molecule has 154 valence electrons. The second kappa shape index (κ2) is 7.49. The van der Waals surface area contributed by atoms with Crippen LogP contribution in [0.1, 0.15) is 33.5 Å². The molecule has 0 radical (unpaired) electrons. The number of nitrogens with one attached hydrogen (secondary N) is 1. The summed E-state index contributed by atoms with van der Waals surface area (Å²) in [7, 11) is 1.36. The minimum atomic E-state index is -4.66. The summed E-state index contributed by atoms with van der Waals surface area (Å²) in [5, 5.41) is 12.1. The number of furan rings is 1. The molecule has 0 saturated heterocycles. The van der Waals surface area contributed by atoms with Crippen molar-refractivity contribution in [1.29, 1.82) is 0 Å². The van der Waals surface area contributed by atoms with Crippen molar-refractivity contribution in [3.8, 4) is 5.75 Å². The molecule has 0 aromatic carbocycles. The summed E-state index contributed by atoms with van der Waals surface area (Å²) < 4.78 is 48.8. The summed E-state index contributed by atoms with van der Waals surface area (Å²) in [5.41, 5.74) is 0.537. The monoisotopic (exact) mass is 411 g/mol. The number of anilines is 1. The number of alkyl halides is 3. The van der Waals surface area contributed by atoms with Crippen molar-refractivity contribution >= 4 is 28.6 Å². The molecule has 2 N–H and O–H groups in total. The van der Waals surface area contributed by atoms with Crippen molar-refractivity contribution in [2.75, 3.05) is 11.9 Å². The largest absolute Gasteiger partial charge is 0.481 e. The lowest BCUT2D eigenvalue weighted by Gasteiger charge is -2.11. The summed E-state index contributed by atoms with van der Waals surface area (Å²) in [4.78, 5) is 28.3. The zero-order chi connectivity index (χ0) is 21.3. The van der Waals surface area contributed by atoms with Gasteiger partial charge in [0.2, 0.25) is 0 Å². The molecule has 11 heteroatoms. The van der Waals surface area contributed by atoms with Crippen LogP contribution in [-0.2, 0) is 13.5 Å². The van der Waals surface area contributed by atoms with E-state index in [0.717, 1.165) is 4.57 Å². The van der Waals surface area contributed by atoms with Gasteiger partial charge in [0, 0.05) is 7.05 Å². The van der Waals surface area contributed by atoms with Gasteiger partial charge in [0.15, 0.2) is 18.1 Å². The van der Waals surface area contributed by atoms with E-state index < -0.39 is 36.1 Å². The predicted molar refractivity (Wildman–Crippen MR) is 95.3 cm³/mol. The van der Waals surface area contributed by atoms with E-state index in [4.69, 9.17) is 9.15 Å². The fourth-order valence-electron chi connectivity index (χ4n) is 2.86. The van der Waals surface area contributed by atoms with E-state index in [1.54, 1.807) is 6.92 Å². The minimum Gasteiger partial charge on any atom is -0.481 e. The third-order valence-electron chi connectivity index (χ3n) is 4.14. The number of pyridine rings is 1. The number of aromatic nitrogens is 2. The highest BCUT2D eigenvalue weighted by atomic mass is 19.4. The average molecular weight is 411 g/mol. The molecule has 3 heterocycles. The average Bonchev–Trinajstić information content (AvgIpc) is 3.26. The van der Waals surface area contributed by atoms with Gasteiger partial charge in [-0.1, -0.05) is 6.92 Å². The normalized spacial score (nSPS) is 11.6. The van der Waals surface area contributed by atoms with E-state index in [1.165, 1.54) is 31.7 Å². The summed E-state index contributed by atoms with van der Waals surface area (Å²) in [5.74, 6) is -2.45. The lowest BCUT2D eigenvalue weighted by atomic mass is 10.2. The lowest BCUT2D eigenvalue weighted by molar-refractivity contribution is -0.153. The van der Waals surface area contributed by atoms with Crippen LogP contribution < -0.4 is 10.1 Å². The molecule has 0 atom stereocenters. The standard InChI is InChI=1S/C18H16F3N3O5/c1-3-11-12(23-16(25)9-4-5-28-7-9)6-10-14(29-8-18(19,20)21)13(17(26)27)24(2)15(10)22-11/h4-7H,3,8H2,1-2H3,(H,23,25)(H,26,27). The fourth-order valence-corrected chi connectivity index (χ4v) is 2.86. The number of carbonyl (C=O) groups is 2. The van der Waals surface area contributed by atoms with Crippen LogP contribution in [0.5, 0.6) is 5.75 Å². The Labute approximate surface area is 161 Å². The van der Waals surface area contributed by atoms with Gasteiger partial charge in [-0.15, -0.1) is 0 Å². The van der Waals surface area contributed by atoms with E-state index in [1.807, 2.05) is 0 Å². The predicted octanol–water partition coefficient (Wildman–Crippen LogP) is 3.62. The molecule has 0 bridgehead atoms. The Morgan fingerprint density at radius 3 is 2.66 bits per heavy atom. The molecule has 8 nitrogen and oxygen atoms in total. The van der Waals surface area contributed by atoms with Crippen LogP contribution in [-0.4, -0.2) is 39.3 Å². The third kappa shape index (κ3) is 4.03. The molecular formula is C18H16F3N3O5. The number of hydrogen-bond donors (Lipinski definition) is 2. The molecule has 29 heavy (non-hydrogen) atoms. The van der Waals surface area contributed by atoms with Gasteiger partial charge < -0.3 is 24.1 Å². The van der Waals surface area contributed by atoms with Gasteiger partial charge in [0.25, 0.3) is 5.91 Å². The smallest absolute Gasteiger partial charge is 0.422 e. The molecule has 0 aliphatic rings. The third-order valence-corrected chi connectivity index (χ3v) is 4.14. The molecule has 3 aromatic heterocycles. The number of halogens is 3. The number of carboxylic acids is 1. The van der Waals surface area contributed by atoms with E-state index in [9.17, 15) is 27.9 Å². The van der Waals surface area contributed by atoms with Crippen molar-refractivity contribution in [3.63, 3.8) is 0 Å². The van der Waals surface area contributed by atoms with Gasteiger partial charge in [-0.05, 0) is 18.6 Å². The van der Waals surface area contributed by atoms with Crippen molar-refractivity contribution in [2.45, 2.75) is 19.5 Å². The van der Waals surface area contributed by atoms with Crippen LogP contribution >= 0.6 is 0 Å². The zero-order valence-corrected chi connectivity index (χ0v) is 15.3. The van der Waals surface area contributed by atoms with E-state index in [-0.39, 0.29) is 22.3 Å². The van der Waals surface area contributed by atoms with E-state index in [2.05, 4.69) is 10.3 Å². The first-order chi connectivity index (χ1) is 13.6. The molecule has 3 aromatic rings. The molecule has 3 rings (SSSR count). The first-order valence-corrected chi connectivity index (χ1v) is 8.41. The van der Waals surface area contributed by atoms with Gasteiger partial charge in [-0.2, -0.15) is 13.2 Å². The van der Waals surface area contributed by atoms with Crippen molar-refractivity contribution < 1.29 is 37.0 Å². The number of nitrogens with zero attached hydrogens (tertiary/aromatic N) is 2. The Hall–Kier alpha value is -3.50. The fraction of sp³-hybridized carbons (Fsp3) is 0.278. The highest BCUT2D eigenvalue weighted by Gasteiger charge is 2.32. The first-order valence-electron chi connectivity index (χ1n) is 8.41. The quantitative estimate of drug-likeness (QED) is 0.642. The number of carboxylic acid groups (broad SMARTS) is 1. The number of carbonyl (C=O) groups excluding carboxylic acids is 1. The van der Waals surface area contributed by atoms with Crippen LogP contribution in [0.2, 0.25) is 0 Å². The molecule has 0 saturated carbocycles. The van der Waals surface area contributed by atoms with Gasteiger partial charge >= 0.3 is 12.1 Å². The van der Waals surface area contributed by atoms with Gasteiger partial charge in [-0.3, -0.25) is 4.79 Å². The van der Waals surface area contributed by atoms with Crippen LogP contribution in [0.25, 0.3) is 11.0 Å². The zero-order valence-electron chi connectivity index (χ0n) is 15.3. The summed E-state index contributed by atoms with van der Waals surface area (Å²) in [6.45, 7) is 0.0996. The SMILES string of the molecule is CCc1nc2c(cc1NC(=O)c1ccoc1)c(OCC(F)(F)F)c(C(=O)O)n2C. The number of hydrogen-bond acceptors (Lipinski definition) is 5. The van der Waals surface area contributed by atoms with Gasteiger partial charge in [-0.25, -0.2) is 9.78 Å². The van der Waals surface area contributed by atoms with Crippen LogP contribution in [0.4, 0.5) is 18.9 Å². The maximum absolute atomic E-state index is 12.6. The molecule has 1 amide bonds. The second-order valence-electron chi connectivity index (χ2n) is 6.12. The summed E-state index contributed by atoms with van der Waals surface area (Å²) in [6.07, 6.45) is -1.73. The second-order valence-corrected chi connectivity index (χ2v) is 6.12. The van der Waals surface area contributed by atoms with Gasteiger partial charge in [0.1, 0.15) is 11.9 Å². The molecule has 0 fully saturated rings. The number of rotatable bonds is 6. The Bertz CT molecular complexity index is 1070. The van der Waals surface area contributed by atoms with Crippen LogP contribution in [0, 0.1) is 0 Å². The van der Waals surface area contributed by atoms with Crippen LogP contribution in [0.15, 0.2) is 29.1 Å². The maximum Gasteiger partial charge on any atom is 0.422 e. The minimum absolute atomic E-state index is 0.0360. The highest BCUT2D eigenvalue weighted by Crippen LogP contribution is 2.36. The van der Waals surface area contributed by atoms with Crippen molar-refractivity contribution in [2.24, 2.45) is 7.05 Å². The first kappa shape index (κ1) is 20.2. The Balaban J connectivity index is 2.13. The topological polar surface area (TPSA) is 107 Å². The van der Waals surface area contributed by atoms with Crippen molar-refractivity contribution in [1.82, 2.24) is 9.55 Å². The number of fused-ring (bicyclic) bond motifs is 1. The molecule has 0 spiro atoms. The highest BCUT2D eigenvalue weighted by molar-refractivity contribution is 6.06. The van der Waals surface area contributed by atoms with Crippen LogP contribution in [0.3, 0.4) is 0 Å².